The van der Waals surface area contributed by atoms with Crippen LogP contribution in [0.3, 0.4) is 0 Å². The molecule has 0 N–H and O–H groups in total. The minimum absolute atomic E-state index is 0.253. The predicted molar refractivity (Wildman–Crippen MR) is 41.1 cm³/mol. The Kier molecular flexibility index (Phi) is 2.34. The number of sulfone groups is 1. The molecule has 1 radical (unpaired) electrons. The van der Waals surface area contributed by atoms with E-state index >= 15 is 0 Å². The number of hydrogen-bond acceptors (Lipinski definition) is 2. The zero-order chi connectivity index (χ0) is 7.61. The molecule has 1 fully saturated rings. The van der Waals surface area contributed by atoms with Gasteiger partial charge in [0, 0.05) is 5.75 Å². The zero-order valence-electron chi connectivity index (χ0n) is 6.21. The van der Waals surface area contributed by atoms with Crippen LogP contribution >= 0.6 is 0 Å². The van der Waals surface area contributed by atoms with Gasteiger partial charge in [-0.15, -0.1) is 0 Å². The average molecular weight is 161 g/mol. The van der Waals surface area contributed by atoms with E-state index < -0.39 is 9.84 Å². The fraction of sp³-hybridized carbons (Fsp3) is 0.857. The fourth-order valence-electron chi connectivity index (χ4n) is 0.965. The van der Waals surface area contributed by atoms with Crippen LogP contribution in [0.4, 0.5) is 0 Å². The smallest absolute Gasteiger partial charge is 0.154 e. The van der Waals surface area contributed by atoms with Crippen molar-refractivity contribution in [2.45, 2.75) is 26.2 Å². The van der Waals surface area contributed by atoms with E-state index in [-0.39, 0.29) is 5.75 Å². The molecule has 0 heterocycles. The van der Waals surface area contributed by atoms with Crippen molar-refractivity contribution in [1.82, 2.24) is 0 Å². The Morgan fingerprint density at radius 3 is 2.40 bits per heavy atom. The summed E-state index contributed by atoms with van der Waals surface area (Å²) < 4.78 is 21.9. The summed E-state index contributed by atoms with van der Waals surface area (Å²) in [6, 6.07) is 0. The maximum atomic E-state index is 10.9. The minimum atomic E-state index is -2.80. The van der Waals surface area contributed by atoms with Crippen molar-refractivity contribution in [1.29, 1.82) is 0 Å². The Hall–Kier alpha value is -0.0500. The maximum absolute atomic E-state index is 10.9. The summed E-state index contributed by atoms with van der Waals surface area (Å²) in [5, 5.41) is 0. The van der Waals surface area contributed by atoms with Crippen LogP contribution in [0.1, 0.15) is 26.2 Å². The second-order valence-corrected chi connectivity index (χ2v) is 4.95. The molecule has 1 aliphatic carbocycles. The summed E-state index contributed by atoms with van der Waals surface area (Å²) in [7, 11) is -2.80. The van der Waals surface area contributed by atoms with Gasteiger partial charge in [-0.05, 0) is 18.8 Å². The van der Waals surface area contributed by atoms with E-state index in [4.69, 9.17) is 0 Å². The first-order valence-electron chi connectivity index (χ1n) is 3.71. The van der Waals surface area contributed by atoms with Crippen LogP contribution in [0, 0.1) is 11.7 Å². The molecule has 0 amide bonds. The molecule has 1 saturated carbocycles. The van der Waals surface area contributed by atoms with Crippen molar-refractivity contribution in [2.24, 2.45) is 5.92 Å². The maximum Gasteiger partial charge on any atom is 0.154 e. The average Bonchev–Trinajstić information content (AvgIpc) is 1.80. The van der Waals surface area contributed by atoms with Crippen LogP contribution in [0.15, 0.2) is 0 Å². The van der Waals surface area contributed by atoms with Gasteiger partial charge in [-0.3, -0.25) is 0 Å². The molecular weight excluding hydrogens is 148 g/mol. The van der Waals surface area contributed by atoms with Crippen molar-refractivity contribution in [2.75, 3.05) is 5.75 Å². The third-order valence-electron chi connectivity index (χ3n) is 1.95. The molecule has 1 rings (SSSR count). The molecule has 1 aliphatic rings. The molecule has 0 unspecified atom stereocenters. The van der Waals surface area contributed by atoms with Gasteiger partial charge in [0.25, 0.3) is 0 Å². The predicted octanol–water partition coefficient (Wildman–Crippen LogP) is 1.38. The van der Waals surface area contributed by atoms with E-state index in [0.29, 0.717) is 5.92 Å². The molecule has 0 aromatic rings. The van der Waals surface area contributed by atoms with E-state index in [1.54, 1.807) is 6.92 Å². The molecule has 0 spiro atoms. The Bertz CT molecular complexity index is 190. The summed E-state index contributed by atoms with van der Waals surface area (Å²) >= 11 is 0. The molecule has 0 saturated heterocycles. The molecule has 2 nitrogen and oxygen atoms in total. The molecule has 0 bridgehead atoms. The highest BCUT2D eigenvalue weighted by Gasteiger charge is 2.23. The van der Waals surface area contributed by atoms with Gasteiger partial charge in [0.15, 0.2) is 9.84 Å². The summed E-state index contributed by atoms with van der Waals surface area (Å²) in [5.41, 5.74) is 0. The summed E-state index contributed by atoms with van der Waals surface area (Å²) in [5.74, 6) is 2.14. The van der Waals surface area contributed by atoms with Gasteiger partial charge >= 0.3 is 0 Å². The standard InChI is InChI=1S/C7H13O2S/c1-2-10(8,9)6-7-4-3-5-7/h6-7H,2-5H2,1H3. The summed E-state index contributed by atoms with van der Waals surface area (Å²) in [4.78, 5) is 0. The topological polar surface area (TPSA) is 34.1 Å². The van der Waals surface area contributed by atoms with Crippen molar-refractivity contribution < 1.29 is 8.42 Å². The molecular formula is C7H13O2S. The lowest BCUT2D eigenvalue weighted by molar-refractivity contribution is 0.374. The molecule has 0 aromatic carbocycles. The molecule has 10 heavy (non-hydrogen) atoms. The first-order chi connectivity index (χ1) is 4.64. The lowest BCUT2D eigenvalue weighted by Crippen LogP contribution is -2.18. The highest BCUT2D eigenvalue weighted by Crippen LogP contribution is 2.30. The Morgan fingerprint density at radius 2 is 2.10 bits per heavy atom. The highest BCUT2D eigenvalue weighted by molar-refractivity contribution is 7.93. The van der Waals surface area contributed by atoms with Crippen molar-refractivity contribution in [3.63, 3.8) is 0 Å². The van der Waals surface area contributed by atoms with E-state index in [1.807, 2.05) is 0 Å². The Labute approximate surface area is 62.5 Å². The van der Waals surface area contributed by atoms with Crippen molar-refractivity contribution in [3.8, 4) is 0 Å². The minimum Gasteiger partial charge on any atom is -0.229 e. The van der Waals surface area contributed by atoms with Crippen LogP contribution in [0.25, 0.3) is 0 Å². The first kappa shape index (κ1) is 8.05. The lowest BCUT2D eigenvalue weighted by Gasteiger charge is -2.23. The van der Waals surface area contributed by atoms with Crippen LogP contribution in [-0.4, -0.2) is 14.2 Å². The third kappa shape index (κ3) is 1.97. The second-order valence-electron chi connectivity index (χ2n) is 2.78. The lowest BCUT2D eigenvalue weighted by atomic mass is 9.87. The van der Waals surface area contributed by atoms with Crippen LogP contribution in [0.2, 0.25) is 0 Å². The molecule has 0 aliphatic heterocycles. The third-order valence-corrected chi connectivity index (χ3v) is 3.56. The highest BCUT2D eigenvalue weighted by atomic mass is 32.2. The normalized spacial score (nSPS) is 20.5. The molecule has 3 heteroatoms. The van der Waals surface area contributed by atoms with E-state index in [9.17, 15) is 8.42 Å². The fourth-order valence-corrected chi connectivity index (χ4v) is 2.02. The van der Waals surface area contributed by atoms with E-state index in [2.05, 4.69) is 0 Å². The van der Waals surface area contributed by atoms with Crippen molar-refractivity contribution >= 4 is 9.84 Å². The number of rotatable bonds is 3. The monoisotopic (exact) mass is 161 g/mol. The van der Waals surface area contributed by atoms with E-state index in [0.717, 1.165) is 12.8 Å². The van der Waals surface area contributed by atoms with Crippen LogP contribution in [-0.2, 0) is 9.84 Å². The van der Waals surface area contributed by atoms with E-state index in [1.165, 1.54) is 12.2 Å². The molecule has 59 valence electrons. The van der Waals surface area contributed by atoms with Gasteiger partial charge in [-0.2, -0.15) is 0 Å². The zero-order valence-corrected chi connectivity index (χ0v) is 7.02. The SMILES string of the molecule is CCS(=O)(=O)[CH]C1CCC1. The van der Waals surface area contributed by atoms with Crippen molar-refractivity contribution in [3.05, 3.63) is 5.75 Å². The summed E-state index contributed by atoms with van der Waals surface area (Å²) in [6.07, 6.45) is 3.33. The van der Waals surface area contributed by atoms with Gasteiger partial charge < -0.3 is 0 Å². The Morgan fingerprint density at radius 1 is 1.50 bits per heavy atom. The number of hydrogen-bond donors (Lipinski definition) is 0. The largest absolute Gasteiger partial charge is 0.229 e. The molecule has 0 aromatic heterocycles. The first-order valence-corrected chi connectivity index (χ1v) is 5.43. The Balaban J connectivity index is 2.36. The van der Waals surface area contributed by atoms with Gasteiger partial charge in [0.05, 0.1) is 5.75 Å². The van der Waals surface area contributed by atoms with Gasteiger partial charge in [0.2, 0.25) is 0 Å². The van der Waals surface area contributed by atoms with Gasteiger partial charge in [-0.25, -0.2) is 8.42 Å². The second kappa shape index (κ2) is 2.91. The van der Waals surface area contributed by atoms with Gasteiger partial charge in [-0.1, -0.05) is 13.3 Å². The van der Waals surface area contributed by atoms with Gasteiger partial charge in [0.1, 0.15) is 0 Å². The quantitative estimate of drug-likeness (QED) is 0.626. The molecule has 0 atom stereocenters. The van der Waals surface area contributed by atoms with Crippen LogP contribution in [0.5, 0.6) is 0 Å². The summed E-state index contributed by atoms with van der Waals surface area (Å²) in [6.45, 7) is 1.69. The van der Waals surface area contributed by atoms with Crippen LogP contribution < -0.4 is 0 Å².